The maximum atomic E-state index is 12.1. The van der Waals surface area contributed by atoms with Gasteiger partial charge in [0.15, 0.2) is 0 Å². The average molecular weight is 352 g/mol. The van der Waals surface area contributed by atoms with Crippen LogP contribution in [0.25, 0.3) is 10.9 Å². The van der Waals surface area contributed by atoms with Crippen LogP contribution >= 0.6 is 0 Å². The second-order valence-corrected chi connectivity index (χ2v) is 5.95. The van der Waals surface area contributed by atoms with Gasteiger partial charge in [0.25, 0.3) is 0 Å². The van der Waals surface area contributed by atoms with Crippen LogP contribution in [0.1, 0.15) is 34.0 Å². The third-order valence-corrected chi connectivity index (χ3v) is 4.43. The maximum Gasteiger partial charge on any atom is 0.340 e. The third kappa shape index (κ3) is 3.18. The summed E-state index contributed by atoms with van der Waals surface area (Å²) in [5.74, 6) is -1.02. The van der Waals surface area contributed by atoms with Gasteiger partial charge in [-0.2, -0.15) is 5.10 Å². The number of ether oxygens (including phenoxy) is 2. The summed E-state index contributed by atoms with van der Waals surface area (Å²) >= 11 is 0. The van der Waals surface area contributed by atoms with Gasteiger partial charge in [-0.15, -0.1) is 0 Å². The first-order chi connectivity index (χ1) is 12.6. The fraction of sp³-hybridized carbons (Fsp3) is 0.250. The van der Waals surface area contributed by atoms with E-state index in [0.29, 0.717) is 11.1 Å². The van der Waals surface area contributed by atoms with E-state index in [4.69, 9.17) is 9.47 Å². The number of carbonyl (C=O) groups excluding carboxylic acids is 2. The number of esters is 2. The van der Waals surface area contributed by atoms with Crippen LogP contribution in [0, 0.1) is 0 Å². The second-order valence-electron chi connectivity index (χ2n) is 5.95. The molecule has 0 saturated heterocycles. The molecule has 0 aliphatic heterocycles. The van der Waals surface area contributed by atoms with E-state index in [9.17, 15) is 9.59 Å². The molecule has 134 valence electrons. The number of methoxy groups -OCH3 is 2. The molecule has 0 spiro atoms. The molecule has 6 nitrogen and oxygen atoms in total. The zero-order valence-electron chi connectivity index (χ0n) is 14.9. The molecule has 1 unspecified atom stereocenters. The minimum atomic E-state index is -0.422. The van der Waals surface area contributed by atoms with E-state index in [1.165, 1.54) is 14.2 Å². The highest BCUT2D eigenvalue weighted by molar-refractivity contribution is 6.03. The number of rotatable bonds is 5. The Morgan fingerprint density at radius 2 is 1.77 bits per heavy atom. The van der Waals surface area contributed by atoms with E-state index in [2.05, 4.69) is 5.10 Å². The predicted molar refractivity (Wildman–Crippen MR) is 97.0 cm³/mol. The van der Waals surface area contributed by atoms with Gasteiger partial charge in [0.05, 0.1) is 37.4 Å². The molecule has 0 saturated carbocycles. The van der Waals surface area contributed by atoms with Crippen LogP contribution in [-0.2, 0) is 21.3 Å². The molecule has 2 aromatic carbocycles. The Kier molecular flexibility index (Phi) is 5.02. The number of aromatic nitrogens is 2. The fourth-order valence-electron chi connectivity index (χ4n) is 3.20. The lowest BCUT2D eigenvalue weighted by molar-refractivity contribution is -0.140. The molecule has 0 fully saturated rings. The van der Waals surface area contributed by atoms with Crippen molar-refractivity contribution in [2.45, 2.75) is 12.3 Å². The Morgan fingerprint density at radius 1 is 1.04 bits per heavy atom. The topological polar surface area (TPSA) is 70.4 Å². The third-order valence-electron chi connectivity index (χ3n) is 4.43. The van der Waals surface area contributed by atoms with Crippen LogP contribution in [0.4, 0.5) is 0 Å². The summed E-state index contributed by atoms with van der Waals surface area (Å²) < 4.78 is 11.4. The van der Waals surface area contributed by atoms with Gasteiger partial charge in [-0.25, -0.2) is 4.79 Å². The molecule has 0 aliphatic carbocycles. The number of nitrogens with zero attached hydrogens (tertiary/aromatic N) is 2. The zero-order chi connectivity index (χ0) is 18.7. The van der Waals surface area contributed by atoms with Gasteiger partial charge in [-0.1, -0.05) is 42.5 Å². The summed E-state index contributed by atoms with van der Waals surface area (Å²) in [6, 6.07) is 15.1. The first-order valence-electron chi connectivity index (χ1n) is 8.22. The van der Waals surface area contributed by atoms with Crippen LogP contribution in [0.15, 0.2) is 48.5 Å². The van der Waals surface area contributed by atoms with E-state index < -0.39 is 5.97 Å². The Balaban J connectivity index is 2.20. The number of aryl methyl sites for hydroxylation is 1. The minimum absolute atomic E-state index is 0.162. The quantitative estimate of drug-likeness (QED) is 0.660. The Hall–Kier alpha value is -3.15. The van der Waals surface area contributed by atoms with Gasteiger partial charge in [0.2, 0.25) is 0 Å². The number of carbonyl (C=O) groups is 2. The van der Waals surface area contributed by atoms with E-state index in [-0.39, 0.29) is 18.3 Å². The maximum absolute atomic E-state index is 12.1. The SMILES string of the molecule is COC(=O)CC(c1ccccc1)c1nn(C)c2c(C(=O)OC)cccc12. The standard InChI is InChI=1S/C20H20N2O4/c1-22-19-14(10-7-11-15(19)20(24)26-3)18(21-22)16(12-17(23)25-2)13-8-5-4-6-9-13/h4-11,16H,12H2,1-3H3. The molecule has 0 bridgehead atoms. The van der Waals surface area contributed by atoms with Crippen LogP contribution in [0.3, 0.4) is 0 Å². The molecule has 1 aromatic heterocycles. The van der Waals surface area contributed by atoms with Crippen molar-refractivity contribution in [1.82, 2.24) is 9.78 Å². The monoisotopic (exact) mass is 352 g/mol. The van der Waals surface area contributed by atoms with Crippen molar-refractivity contribution in [3.8, 4) is 0 Å². The smallest absolute Gasteiger partial charge is 0.340 e. The van der Waals surface area contributed by atoms with Crippen molar-refractivity contribution in [2.75, 3.05) is 14.2 Å². The van der Waals surface area contributed by atoms with E-state index in [1.54, 1.807) is 23.9 Å². The Labute approximate surface area is 151 Å². The minimum Gasteiger partial charge on any atom is -0.469 e. The number of hydrogen-bond acceptors (Lipinski definition) is 5. The highest BCUT2D eigenvalue weighted by Crippen LogP contribution is 2.34. The molecule has 1 atom stereocenters. The largest absolute Gasteiger partial charge is 0.469 e. The van der Waals surface area contributed by atoms with Crippen LogP contribution in [-0.4, -0.2) is 35.9 Å². The van der Waals surface area contributed by atoms with Crippen LogP contribution in [0.2, 0.25) is 0 Å². The first kappa shape index (κ1) is 17.7. The number of fused-ring (bicyclic) bond motifs is 1. The normalized spacial score (nSPS) is 12.0. The Bertz CT molecular complexity index is 947. The van der Waals surface area contributed by atoms with E-state index in [0.717, 1.165) is 16.6 Å². The highest BCUT2D eigenvalue weighted by atomic mass is 16.5. The summed E-state index contributed by atoms with van der Waals surface area (Å²) in [7, 11) is 4.50. The number of hydrogen-bond donors (Lipinski definition) is 0. The van der Waals surface area contributed by atoms with Crippen molar-refractivity contribution in [3.63, 3.8) is 0 Å². The van der Waals surface area contributed by atoms with Crippen molar-refractivity contribution in [1.29, 1.82) is 0 Å². The van der Waals surface area contributed by atoms with Crippen LogP contribution < -0.4 is 0 Å². The summed E-state index contributed by atoms with van der Waals surface area (Å²) in [4.78, 5) is 24.1. The van der Waals surface area contributed by atoms with Crippen molar-refractivity contribution >= 4 is 22.8 Å². The molecule has 0 N–H and O–H groups in total. The van der Waals surface area contributed by atoms with Gasteiger partial charge in [-0.05, 0) is 11.6 Å². The van der Waals surface area contributed by atoms with Gasteiger partial charge in [-0.3, -0.25) is 9.48 Å². The number of benzene rings is 2. The lowest BCUT2D eigenvalue weighted by Crippen LogP contribution is -2.11. The lowest BCUT2D eigenvalue weighted by atomic mass is 9.90. The predicted octanol–water partition coefficient (Wildman–Crippen LogP) is 3.05. The molecule has 6 heteroatoms. The molecule has 26 heavy (non-hydrogen) atoms. The van der Waals surface area contributed by atoms with Gasteiger partial charge >= 0.3 is 11.9 Å². The first-order valence-corrected chi connectivity index (χ1v) is 8.22. The molecule has 0 aliphatic rings. The van der Waals surface area contributed by atoms with Gasteiger partial charge < -0.3 is 9.47 Å². The van der Waals surface area contributed by atoms with E-state index >= 15 is 0 Å². The molecular formula is C20H20N2O4. The molecule has 0 radical (unpaired) electrons. The number of para-hydroxylation sites is 1. The summed E-state index contributed by atoms with van der Waals surface area (Å²) in [6.45, 7) is 0. The molecular weight excluding hydrogens is 332 g/mol. The summed E-state index contributed by atoms with van der Waals surface area (Å²) in [5, 5.41) is 5.45. The van der Waals surface area contributed by atoms with Gasteiger partial charge in [0, 0.05) is 18.4 Å². The summed E-state index contributed by atoms with van der Waals surface area (Å²) in [6.07, 6.45) is 0.162. The zero-order valence-corrected chi connectivity index (χ0v) is 14.9. The van der Waals surface area contributed by atoms with Gasteiger partial charge in [0.1, 0.15) is 0 Å². The Morgan fingerprint density at radius 3 is 2.42 bits per heavy atom. The van der Waals surface area contributed by atoms with Crippen molar-refractivity contribution in [2.24, 2.45) is 7.05 Å². The lowest BCUT2D eigenvalue weighted by Gasteiger charge is -2.14. The van der Waals surface area contributed by atoms with E-state index in [1.807, 2.05) is 36.4 Å². The highest BCUT2D eigenvalue weighted by Gasteiger charge is 2.26. The summed E-state index contributed by atoms with van der Waals surface area (Å²) in [5.41, 5.74) is 2.81. The van der Waals surface area contributed by atoms with Crippen molar-refractivity contribution in [3.05, 3.63) is 65.4 Å². The molecule has 3 aromatic rings. The second kappa shape index (κ2) is 7.39. The molecule has 3 rings (SSSR count). The van der Waals surface area contributed by atoms with Crippen LogP contribution in [0.5, 0.6) is 0 Å². The fourth-order valence-corrected chi connectivity index (χ4v) is 3.20. The average Bonchev–Trinajstić information content (AvgIpc) is 3.02. The molecule has 1 heterocycles. The van der Waals surface area contributed by atoms with Crippen molar-refractivity contribution < 1.29 is 19.1 Å². The molecule has 0 amide bonds.